The van der Waals surface area contributed by atoms with Crippen LogP contribution in [-0.2, 0) is 51.2 Å². The molecule has 12 N–H and O–H groups in total. The lowest BCUT2D eigenvalue weighted by molar-refractivity contribution is -0.143. The molecule has 19 heteroatoms. The van der Waals surface area contributed by atoms with Crippen molar-refractivity contribution in [2.75, 3.05) is 0 Å². The number of carboxylic acid groups (broad SMARTS) is 3. The van der Waals surface area contributed by atoms with Gasteiger partial charge in [0.05, 0.1) is 18.9 Å². The van der Waals surface area contributed by atoms with Crippen LogP contribution in [0.15, 0.2) is 60.9 Å². The summed E-state index contributed by atoms with van der Waals surface area (Å²) in [5, 5.41) is 43.0. The highest BCUT2D eigenvalue weighted by Gasteiger charge is 2.36. The van der Waals surface area contributed by atoms with Crippen LogP contribution in [0, 0.1) is 11.8 Å². The molecule has 4 rings (SSSR count). The third-order valence-corrected chi connectivity index (χ3v) is 10.3. The monoisotopic (exact) mass is 846 g/mol. The first-order valence-electron chi connectivity index (χ1n) is 19.9. The van der Waals surface area contributed by atoms with E-state index in [4.69, 9.17) is 5.73 Å². The normalized spacial score (nSPS) is 14.8. The molecule has 2 aromatic heterocycles. The summed E-state index contributed by atoms with van der Waals surface area (Å²) in [6, 6.07) is 5.67. The van der Waals surface area contributed by atoms with Gasteiger partial charge >= 0.3 is 17.9 Å². The predicted molar refractivity (Wildman–Crippen MR) is 223 cm³/mol. The number of carbonyl (C=O) groups is 8. The highest BCUT2D eigenvalue weighted by Crippen LogP contribution is 2.21. The molecule has 0 unspecified atom stereocenters. The van der Waals surface area contributed by atoms with Gasteiger partial charge in [-0.25, -0.2) is 4.79 Å². The summed E-state index contributed by atoms with van der Waals surface area (Å²) in [6.07, 6.45) is 1.72. The molecule has 328 valence electrons. The molecular weight excluding hydrogens is 793 g/mol. The number of carboxylic acids is 3. The first-order chi connectivity index (χ1) is 28.9. The van der Waals surface area contributed by atoms with E-state index in [1.807, 2.05) is 36.4 Å². The van der Waals surface area contributed by atoms with E-state index < -0.39 is 102 Å². The first-order valence-corrected chi connectivity index (χ1v) is 19.9. The Hall–Kier alpha value is -6.76. The van der Waals surface area contributed by atoms with Crippen LogP contribution in [0.3, 0.4) is 0 Å². The lowest BCUT2D eigenvalue weighted by Gasteiger charge is -2.29. The molecule has 61 heavy (non-hydrogen) atoms. The second kappa shape index (κ2) is 21.5. The van der Waals surface area contributed by atoms with Crippen LogP contribution in [0.1, 0.15) is 64.5 Å². The standard InChI is InChI=1S/C42H54N8O11/c1-5-22(4)36(41(59)49-33(42(60)61)16-24-20-45-29-13-9-7-11-26(24)29)50-40(58)30(14-21(2)3)47-39(57)32(18-35(53)54)48-38(56)31(17-34(51)52)46-37(55)27(43)15-23-19-44-28-12-8-6-10-25(23)28/h6-13,19-22,27,30-33,36,44-45H,5,14-18,43H2,1-4H3,(H,46,55)(H,47,57)(H,48,56)(H,49,59)(H,50,58)(H,51,52)(H,53,54)(H,60,61)/t22-,27+,30-,31-,32-,33-,36-/m0/s1. The van der Waals surface area contributed by atoms with Crippen molar-refractivity contribution in [2.45, 2.75) is 102 Å². The van der Waals surface area contributed by atoms with Gasteiger partial charge in [-0.15, -0.1) is 0 Å². The lowest BCUT2D eigenvalue weighted by Crippen LogP contribution is -2.60. The number of H-pyrrole nitrogens is 2. The van der Waals surface area contributed by atoms with Gasteiger partial charge in [0.1, 0.15) is 30.2 Å². The molecule has 2 heterocycles. The Kier molecular flexibility index (Phi) is 16.5. The van der Waals surface area contributed by atoms with Crippen molar-refractivity contribution in [1.82, 2.24) is 36.6 Å². The van der Waals surface area contributed by atoms with Gasteiger partial charge in [0.15, 0.2) is 0 Å². The molecule has 4 aromatic rings. The Bertz CT molecular complexity index is 2230. The number of aromatic nitrogens is 2. The molecule has 7 atom stereocenters. The zero-order valence-electron chi connectivity index (χ0n) is 34.3. The molecule has 0 saturated carbocycles. The fourth-order valence-electron chi connectivity index (χ4n) is 6.86. The van der Waals surface area contributed by atoms with Crippen molar-refractivity contribution in [2.24, 2.45) is 17.6 Å². The second-order valence-electron chi connectivity index (χ2n) is 15.5. The summed E-state index contributed by atoms with van der Waals surface area (Å²) < 4.78 is 0. The van der Waals surface area contributed by atoms with Crippen molar-refractivity contribution >= 4 is 69.2 Å². The van der Waals surface area contributed by atoms with Crippen LogP contribution in [0.25, 0.3) is 21.8 Å². The van der Waals surface area contributed by atoms with Gasteiger partial charge in [0.2, 0.25) is 29.5 Å². The Balaban J connectivity index is 1.47. The molecule has 0 spiro atoms. The largest absolute Gasteiger partial charge is 0.481 e. The average molecular weight is 847 g/mol. The van der Waals surface area contributed by atoms with Gasteiger partial charge in [-0.3, -0.25) is 33.6 Å². The van der Waals surface area contributed by atoms with E-state index in [2.05, 4.69) is 36.6 Å². The maximum absolute atomic E-state index is 13.9. The predicted octanol–water partition coefficient (Wildman–Crippen LogP) is 1.31. The zero-order chi connectivity index (χ0) is 45.0. The van der Waals surface area contributed by atoms with E-state index >= 15 is 0 Å². The average Bonchev–Trinajstić information content (AvgIpc) is 3.81. The van der Waals surface area contributed by atoms with Crippen LogP contribution in [0.5, 0.6) is 0 Å². The number of hydrogen-bond acceptors (Lipinski definition) is 9. The van der Waals surface area contributed by atoms with Gasteiger partial charge in [-0.1, -0.05) is 70.5 Å². The molecule has 2 aromatic carbocycles. The number of aromatic amines is 2. The third kappa shape index (κ3) is 13.1. The van der Waals surface area contributed by atoms with Crippen LogP contribution in [0.2, 0.25) is 0 Å². The van der Waals surface area contributed by atoms with Crippen molar-refractivity contribution in [3.63, 3.8) is 0 Å². The number of carbonyl (C=O) groups excluding carboxylic acids is 5. The minimum Gasteiger partial charge on any atom is -0.481 e. The number of fused-ring (bicyclic) bond motifs is 2. The molecule has 0 radical (unpaired) electrons. The summed E-state index contributed by atoms with van der Waals surface area (Å²) in [6.45, 7) is 6.93. The van der Waals surface area contributed by atoms with E-state index in [9.17, 15) is 53.7 Å². The summed E-state index contributed by atoms with van der Waals surface area (Å²) in [5.41, 5.74) is 9.07. The lowest BCUT2D eigenvalue weighted by atomic mass is 9.96. The summed E-state index contributed by atoms with van der Waals surface area (Å²) in [5.74, 6) is -9.91. The highest BCUT2D eigenvalue weighted by molar-refractivity contribution is 5.98. The minimum absolute atomic E-state index is 0.00944. The zero-order valence-corrected chi connectivity index (χ0v) is 34.3. The summed E-state index contributed by atoms with van der Waals surface area (Å²) in [4.78, 5) is 110. The van der Waals surface area contributed by atoms with Crippen molar-refractivity contribution < 1.29 is 53.7 Å². The molecule has 5 amide bonds. The van der Waals surface area contributed by atoms with Crippen LogP contribution < -0.4 is 32.3 Å². The van der Waals surface area contributed by atoms with Gasteiger partial charge < -0.3 is 57.6 Å². The Morgan fingerprint density at radius 2 is 1.03 bits per heavy atom. The molecular formula is C42H54N8O11. The van der Waals surface area contributed by atoms with Gasteiger partial charge in [-0.05, 0) is 47.9 Å². The van der Waals surface area contributed by atoms with Crippen molar-refractivity contribution in [3.8, 4) is 0 Å². The van der Waals surface area contributed by atoms with Crippen molar-refractivity contribution in [1.29, 1.82) is 0 Å². The number of nitrogens with two attached hydrogens (primary N) is 1. The molecule has 0 aliphatic rings. The maximum Gasteiger partial charge on any atom is 0.326 e. The molecule has 19 nitrogen and oxygen atoms in total. The SMILES string of the molecule is CC[C@H](C)[C@H](NC(=O)[C@H](CC(C)C)NC(=O)[C@H](CC(=O)O)NC(=O)[C@H](CC(=O)O)NC(=O)[C@H](N)Cc1c[nH]c2ccccc12)C(=O)N[C@@H](Cc1c[nH]c2ccccc12)C(=O)O. The summed E-state index contributed by atoms with van der Waals surface area (Å²) >= 11 is 0. The third-order valence-electron chi connectivity index (χ3n) is 10.3. The van der Waals surface area contributed by atoms with Crippen LogP contribution in [0.4, 0.5) is 0 Å². The quantitative estimate of drug-likeness (QED) is 0.0504. The van der Waals surface area contributed by atoms with E-state index in [-0.39, 0.29) is 25.2 Å². The van der Waals surface area contributed by atoms with E-state index in [0.29, 0.717) is 17.5 Å². The number of aliphatic carboxylic acids is 3. The number of para-hydroxylation sites is 2. The van der Waals surface area contributed by atoms with Gasteiger partial charge in [-0.2, -0.15) is 0 Å². The molecule has 0 saturated heterocycles. The van der Waals surface area contributed by atoms with Crippen LogP contribution in [-0.4, -0.2) is 109 Å². The molecule has 0 aliphatic carbocycles. The number of nitrogens with one attached hydrogen (secondary N) is 7. The second-order valence-corrected chi connectivity index (χ2v) is 15.5. The topological polar surface area (TPSA) is 315 Å². The van der Waals surface area contributed by atoms with E-state index in [1.54, 1.807) is 52.2 Å². The van der Waals surface area contributed by atoms with Gasteiger partial charge in [0.25, 0.3) is 0 Å². The Morgan fingerprint density at radius 1 is 0.590 bits per heavy atom. The van der Waals surface area contributed by atoms with Crippen LogP contribution >= 0.6 is 0 Å². The summed E-state index contributed by atoms with van der Waals surface area (Å²) in [7, 11) is 0. The fourth-order valence-corrected chi connectivity index (χ4v) is 6.86. The highest BCUT2D eigenvalue weighted by atomic mass is 16.4. The number of benzene rings is 2. The van der Waals surface area contributed by atoms with Gasteiger partial charge in [0, 0.05) is 40.6 Å². The fraction of sp³-hybridized carbons (Fsp3) is 0.429. The molecule has 0 fully saturated rings. The first kappa shape index (κ1) is 46.9. The smallest absolute Gasteiger partial charge is 0.326 e. The van der Waals surface area contributed by atoms with E-state index in [0.717, 1.165) is 21.8 Å². The number of amides is 5. The number of hydrogen-bond donors (Lipinski definition) is 11. The number of rotatable bonds is 23. The Labute approximate surface area is 351 Å². The van der Waals surface area contributed by atoms with E-state index in [1.165, 1.54) is 0 Å². The molecule has 0 bridgehead atoms. The maximum atomic E-state index is 13.9. The Morgan fingerprint density at radius 3 is 1.51 bits per heavy atom. The molecule has 0 aliphatic heterocycles. The minimum atomic E-state index is -1.85. The van der Waals surface area contributed by atoms with Crippen molar-refractivity contribution in [3.05, 3.63) is 72.1 Å².